The minimum Gasteiger partial charge on any atom is -0.508 e. The first-order valence-electron chi connectivity index (χ1n) is 5.74. The largest absolute Gasteiger partial charge is 0.508 e. The molecule has 0 bridgehead atoms. The fourth-order valence-corrected chi connectivity index (χ4v) is 2.00. The number of aromatic nitrogens is 2. The smallest absolute Gasteiger partial charge is 0.116 e. The number of aromatic hydroxyl groups is 1. The third-order valence-corrected chi connectivity index (χ3v) is 2.90. The molecule has 1 heterocycles. The Labute approximate surface area is 109 Å². The summed E-state index contributed by atoms with van der Waals surface area (Å²) in [4.78, 5) is 0. The van der Waals surface area contributed by atoms with Crippen LogP contribution in [0.15, 0.2) is 48.5 Å². The Morgan fingerprint density at radius 3 is 2.53 bits per heavy atom. The Morgan fingerprint density at radius 2 is 1.79 bits per heavy atom. The molecule has 0 aliphatic heterocycles. The van der Waals surface area contributed by atoms with Crippen molar-refractivity contribution in [2.24, 2.45) is 0 Å². The van der Waals surface area contributed by atoms with E-state index in [4.69, 9.17) is 0 Å². The first kappa shape index (κ1) is 11.2. The number of nitriles is 1. The summed E-state index contributed by atoms with van der Waals surface area (Å²) in [6.07, 6.45) is 0. The normalized spacial score (nSPS) is 10.3. The van der Waals surface area contributed by atoms with Crippen LogP contribution in [0.3, 0.4) is 0 Å². The van der Waals surface area contributed by atoms with Crippen molar-refractivity contribution >= 4 is 10.9 Å². The highest BCUT2D eigenvalue weighted by Gasteiger charge is 2.12. The second kappa shape index (κ2) is 4.39. The third kappa shape index (κ3) is 1.87. The van der Waals surface area contributed by atoms with E-state index in [0.29, 0.717) is 22.2 Å². The zero-order chi connectivity index (χ0) is 13.2. The molecule has 90 valence electrons. The van der Waals surface area contributed by atoms with Gasteiger partial charge in [0.15, 0.2) is 0 Å². The summed E-state index contributed by atoms with van der Waals surface area (Å²) in [7, 11) is 0. The quantitative estimate of drug-likeness (QED) is 0.717. The minimum atomic E-state index is 0.107. The Balaban J connectivity index is 2.36. The van der Waals surface area contributed by atoms with E-state index in [2.05, 4.69) is 16.3 Å². The van der Waals surface area contributed by atoms with Crippen molar-refractivity contribution in [1.29, 1.82) is 5.26 Å². The van der Waals surface area contributed by atoms with Crippen molar-refractivity contribution in [2.45, 2.75) is 0 Å². The molecule has 4 nitrogen and oxygen atoms in total. The van der Waals surface area contributed by atoms with Crippen LogP contribution in [0.1, 0.15) is 5.56 Å². The van der Waals surface area contributed by atoms with E-state index in [1.807, 2.05) is 30.3 Å². The van der Waals surface area contributed by atoms with Gasteiger partial charge in [0.25, 0.3) is 0 Å². The van der Waals surface area contributed by atoms with E-state index in [1.54, 1.807) is 6.07 Å². The molecular formula is C15H9N3O. The number of fused-ring (bicyclic) bond motifs is 1. The van der Waals surface area contributed by atoms with E-state index < -0.39 is 0 Å². The molecule has 0 saturated carbocycles. The molecule has 3 aromatic rings. The van der Waals surface area contributed by atoms with Crippen LogP contribution in [0, 0.1) is 11.3 Å². The van der Waals surface area contributed by atoms with Crippen molar-refractivity contribution in [1.82, 2.24) is 10.2 Å². The highest BCUT2D eigenvalue weighted by atomic mass is 16.3. The molecule has 0 aliphatic rings. The van der Waals surface area contributed by atoms with Gasteiger partial charge in [-0.2, -0.15) is 5.26 Å². The predicted octanol–water partition coefficient (Wildman–Crippen LogP) is 2.87. The van der Waals surface area contributed by atoms with Crippen molar-refractivity contribution in [2.75, 3.05) is 0 Å². The first-order chi connectivity index (χ1) is 9.29. The molecule has 0 unspecified atom stereocenters. The molecular weight excluding hydrogens is 238 g/mol. The maximum Gasteiger partial charge on any atom is 0.116 e. The fourth-order valence-electron chi connectivity index (χ4n) is 2.00. The van der Waals surface area contributed by atoms with Crippen LogP contribution in [-0.2, 0) is 0 Å². The van der Waals surface area contributed by atoms with Gasteiger partial charge >= 0.3 is 0 Å². The van der Waals surface area contributed by atoms with Crippen molar-refractivity contribution in [3.63, 3.8) is 0 Å². The van der Waals surface area contributed by atoms with E-state index in [1.165, 1.54) is 12.1 Å². The van der Waals surface area contributed by atoms with Crippen LogP contribution in [0.2, 0.25) is 0 Å². The van der Waals surface area contributed by atoms with Crippen LogP contribution in [0.4, 0.5) is 0 Å². The Bertz CT molecular complexity index is 792. The summed E-state index contributed by atoms with van der Waals surface area (Å²) in [5.74, 6) is 0.107. The molecule has 0 spiro atoms. The summed E-state index contributed by atoms with van der Waals surface area (Å²) in [6.45, 7) is 0. The monoisotopic (exact) mass is 247 g/mol. The average Bonchev–Trinajstić information content (AvgIpc) is 2.46. The molecule has 2 aromatic carbocycles. The maximum absolute atomic E-state index is 9.55. The molecule has 1 N–H and O–H groups in total. The lowest BCUT2D eigenvalue weighted by Crippen LogP contribution is -1.94. The summed E-state index contributed by atoms with van der Waals surface area (Å²) >= 11 is 0. The Morgan fingerprint density at radius 1 is 1.00 bits per heavy atom. The molecule has 0 radical (unpaired) electrons. The van der Waals surface area contributed by atoms with Gasteiger partial charge in [0, 0.05) is 10.9 Å². The van der Waals surface area contributed by atoms with Crippen LogP contribution < -0.4 is 0 Å². The van der Waals surface area contributed by atoms with E-state index in [0.717, 1.165) is 5.56 Å². The number of phenols is 1. The molecule has 3 rings (SSSR count). The highest BCUT2D eigenvalue weighted by Crippen LogP contribution is 2.28. The van der Waals surface area contributed by atoms with E-state index in [9.17, 15) is 10.4 Å². The minimum absolute atomic E-state index is 0.107. The standard InChI is InChI=1S/C15H9N3O/c16-9-13-12-8-11(19)6-7-14(12)17-18-15(13)10-4-2-1-3-5-10/h1-8,19H. The zero-order valence-electron chi connectivity index (χ0n) is 9.91. The van der Waals surface area contributed by atoms with Gasteiger partial charge in [-0.3, -0.25) is 0 Å². The van der Waals surface area contributed by atoms with Gasteiger partial charge in [0.1, 0.15) is 17.5 Å². The summed E-state index contributed by atoms with van der Waals surface area (Å²) < 4.78 is 0. The lowest BCUT2D eigenvalue weighted by molar-refractivity contribution is 0.476. The third-order valence-electron chi connectivity index (χ3n) is 2.90. The molecule has 0 saturated heterocycles. The van der Waals surface area contributed by atoms with E-state index >= 15 is 0 Å². The topological polar surface area (TPSA) is 69.8 Å². The molecule has 0 atom stereocenters. The van der Waals surface area contributed by atoms with Crippen molar-refractivity contribution < 1.29 is 5.11 Å². The lowest BCUT2D eigenvalue weighted by atomic mass is 10.0. The molecule has 4 heteroatoms. The molecule has 0 amide bonds. The van der Waals surface area contributed by atoms with Gasteiger partial charge in [-0.15, -0.1) is 10.2 Å². The van der Waals surface area contributed by atoms with Gasteiger partial charge in [0.2, 0.25) is 0 Å². The number of rotatable bonds is 1. The van der Waals surface area contributed by atoms with Gasteiger partial charge < -0.3 is 5.11 Å². The molecule has 0 fully saturated rings. The van der Waals surface area contributed by atoms with Crippen molar-refractivity contribution in [3.05, 3.63) is 54.1 Å². The van der Waals surface area contributed by atoms with Gasteiger partial charge in [-0.25, -0.2) is 0 Å². The van der Waals surface area contributed by atoms with Crippen LogP contribution >= 0.6 is 0 Å². The number of hydrogen-bond donors (Lipinski definition) is 1. The van der Waals surface area contributed by atoms with Gasteiger partial charge in [0.05, 0.1) is 11.1 Å². The summed E-state index contributed by atoms with van der Waals surface area (Å²) in [6, 6.07) is 16.3. The molecule has 19 heavy (non-hydrogen) atoms. The summed E-state index contributed by atoms with van der Waals surface area (Å²) in [5, 5.41) is 27.7. The molecule has 1 aromatic heterocycles. The molecule has 0 aliphatic carbocycles. The van der Waals surface area contributed by atoms with Crippen LogP contribution in [0.5, 0.6) is 5.75 Å². The van der Waals surface area contributed by atoms with Crippen molar-refractivity contribution in [3.8, 4) is 23.1 Å². The predicted molar refractivity (Wildman–Crippen MR) is 71.4 cm³/mol. The SMILES string of the molecule is N#Cc1c(-c2ccccc2)nnc2ccc(O)cc12. The number of nitrogens with zero attached hydrogens (tertiary/aromatic N) is 3. The summed E-state index contributed by atoms with van der Waals surface area (Å²) in [5.41, 5.74) is 2.37. The fraction of sp³-hybridized carbons (Fsp3) is 0. The van der Waals surface area contributed by atoms with Gasteiger partial charge in [-0.05, 0) is 18.2 Å². The lowest BCUT2D eigenvalue weighted by Gasteiger charge is -2.05. The van der Waals surface area contributed by atoms with E-state index in [-0.39, 0.29) is 5.75 Å². The zero-order valence-corrected chi connectivity index (χ0v) is 9.91. The number of phenolic OH excluding ortho intramolecular Hbond substituents is 1. The van der Waals surface area contributed by atoms with Crippen LogP contribution in [0.25, 0.3) is 22.2 Å². The number of hydrogen-bond acceptors (Lipinski definition) is 4. The van der Waals surface area contributed by atoms with Crippen LogP contribution in [-0.4, -0.2) is 15.3 Å². The Kier molecular flexibility index (Phi) is 2.58. The highest BCUT2D eigenvalue weighted by molar-refractivity contribution is 5.90. The maximum atomic E-state index is 9.55. The number of benzene rings is 2. The second-order valence-electron chi connectivity index (χ2n) is 4.10. The average molecular weight is 247 g/mol. The Hall–Kier alpha value is -2.93. The van der Waals surface area contributed by atoms with Gasteiger partial charge in [-0.1, -0.05) is 30.3 Å². The second-order valence-corrected chi connectivity index (χ2v) is 4.10. The first-order valence-corrected chi connectivity index (χ1v) is 5.74.